The lowest BCUT2D eigenvalue weighted by molar-refractivity contribution is 0.0640. The van der Waals surface area contributed by atoms with Gasteiger partial charge in [-0.05, 0) is 71.7 Å². The van der Waals surface area contributed by atoms with Crippen molar-refractivity contribution in [3.8, 4) is 23.3 Å². The maximum Gasteiger partial charge on any atom is 0.258 e. The zero-order valence-electron chi connectivity index (χ0n) is 19.0. The summed E-state index contributed by atoms with van der Waals surface area (Å²) < 4.78 is 11.6. The molecule has 0 aliphatic rings. The number of amides is 1. The highest BCUT2D eigenvalue weighted by atomic mass is 16.5. The summed E-state index contributed by atoms with van der Waals surface area (Å²) in [5.41, 5.74) is 0.749. The van der Waals surface area contributed by atoms with Crippen molar-refractivity contribution in [2.24, 2.45) is 0 Å². The number of para-hydroxylation sites is 2. The molecule has 2 aromatic carbocycles. The van der Waals surface area contributed by atoms with Gasteiger partial charge < -0.3 is 19.5 Å². The molecule has 0 radical (unpaired) electrons. The van der Waals surface area contributed by atoms with Gasteiger partial charge in [-0.25, -0.2) is 0 Å². The van der Waals surface area contributed by atoms with Crippen molar-refractivity contribution >= 4 is 5.91 Å². The maximum atomic E-state index is 12.9. The molecule has 0 saturated heterocycles. The van der Waals surface area contributed by atoms with Crippen molar-refractivity contribution in [3.63, 3.8) is 0 Å². The third kappa shape index (κ3) is 6.39. The molecule has 6 heteroatoms. The number of phenolic OH excluding ortho intramolecular Hbond substituents is 1. The Morgan fingerprint density at radius 3 is 2.32 bits per heavy atom. The van der Waals surface area contributed by atoms with Gasteiger partial charge in [-0.1, -0.05) is 18.2 Å². The molecule has 31 heavy (non-hydrogen) atoms. The minimum absolute atomic E-state index is 0.0177. The van der Waals surface area contributed by atoms with Gasteiger partial charge in [0.1, 0.15) is 11.8 Å². The monoisotopic (exact) mass is 424 g/mol. The summed E-state index contributed by atoms with van der Waals surface area (Å²) in [4.78, 5) is 14.6. The normalized spacial score (nSPS) is 11.8. The number of rotatable bonds is 10. The smallest absolute Gasteiger partial charge is 0.258 e. The second-order valence-corrected chi connectivity index (χ2v) is 8.08. The highest BCUT2D eigenvalue weighted by Crippen LogP contribution is 2.31. The minimum atomic E-state index is -0.217. The molecule has 6 nitrogen and oxygen atoms in total. The van der Waals surface area contributed by atoms with Crippen LogP contribution in [0.25, 0.3) is 0 Å². The van der Waals surface area contributed by atoms with Crippen LogP contribution in [0.5, 0.6) is 17.2 Å². The number of ether oxygens (including phenoxy) is 2. The van der Waals surface area contributed by atoms with Crippen molar-refractivity contribution in [1.82, 2.24) is 4.90 Å². The average Bonchev–Trinajstić information content (AvgIpc) is 2.72. The van der Waals surface area contributed by atoms with E-state index in [-0.39, 0.29) is 35.4 Å². The molecule has 1 unspecified atom stereocenters. The number of phenols is 1. The van der Waals surface area contributed by atoms with Crippen LogP contribution < -0.4 is 9.47 Å². The molecular formula is C25H32N2O4. The first-order chi connectivity index (χ1) is 14.8. The van der Waals surface area contributed by atoms with Crippen molar-refractivity contribution in [2.75, 3.05) is 6.61 Å². The van der Waals surface area contributed by atoms with E-state index in [0.29, 0.717) is 36.5 Å². The van der Waals surface area contributed by atoms with Gasteiger partial charge in [0, 0.05) is 12.1 Å². The molecule has 0 fully saturated rings. The maximum absolute atomic E-state index is 12.9. The summed E-state index contributed by atoms with van der Waals surface area (Å²) >= 11 is 0. The highest BCUT2D eigenvalue weighted by molar-refractivity contribution is 5.98. The van der Waals surface area contributed by atoms with Crippen molar-refractivity contribution < 1.29 is 19.4 Å². The Bertz CT molecular complexity index is 910. The Kier molecular flexibility index (Phi) is 8.75. The third-order valence-electron chi connectivity index (χ3n) is 4.92. The van der Waals surface area contributed by atoms with E-state index in [1.807, 2.05) is 40.7 Å². The second-order valence-electron chi connectivity index (χ2n) is 8.08. The highest BCUT2D eigenvalue weighted by Gasteiger charge is 2.25. The minimum Gasteiger partial charge on any atom is -0.504 e. The van der Waals surface area contributed by atoms with Gasteiger partial charge in [0.05, 0.1) is 23.8 Å². The lowest BCUT2D eigenvalue weighted by atomic mass is 10.1. The Morgan fingerprint density at radius 1 is 1.03 bits per heavy atom. The van der Waals surface area contributed by atoms with Crippen molar-refractivity contribution in [3.05, 3.63) is 53.6 Å². The SMILES string of the molecule is CC(CCCOc1cccc(C(=O)N(C(C)C)C(C)C)c1O)Oc1ccccc1C#N. The lowest BCUT2D eigenvalue weighted by Crippen LogP contribution is -2.42. The quantitative estimate of drug-likeness (QED) is 0.533. The number of hydrogen-bond acceptors (Lipinski definition) is 5. The first kappa shape index (κ1) is 24.1. The zero-order valence-corrected chi connectivity index (χ0v) is 19.0. The van der Waals surface area contributed by atoms with Gasteiger partial charge in [0.25, 0.3) is 5.91 Å². The van der Waals surface area contributed by atoms with E-state index < -0.39 is 0 Å². The van der Waals surface area contributed by atoms with Gasteiger partial charge in [0.15, 0.2) is 11.5 Å². The van der Waals surface area contributed by atoms with Crippen LogP contribution in [-0.2, 0) is 0 Å². The summed E-state index contributed by atoms with van der Waals surface area (Å²) in [6, 6.07) is 14.3. The molecule has 0 spiro atoms. The predicted molar refractivity (Wildman–Crippen MR) is 121 cm³/mol. The van der Waals surface area contributed by atoms with Crippen LogP contribution in [0.2, 0.25) is 0 Å². The Hall–Kier alpha value is -3.20. The number of nitriles is 1. The molecule has 0 heterocycles. The standard InChI is InChI=1S/C25H32N2O4/c1-17(2)27(18(3)4)25(29)21-12-8-14-23(24(21)28)30-15-9-10-19(5)31-22-13-7-6-11-20(22)16-26/h6-8,11-14,17-19,28H,9-10,15H2,1-5H3. The van der Waals surface area contributed by atoms with Gasteiger partial charge in [-0.3, -0.25) is 4.79 Å². The molecular weight excluding hydrogens is 392 g/mol. The van der Waals surface area contributed by atoms with Crippen LogP contribution in [0.3, 0.4) is 0 Å². The molecule has 1 amide bonds. The Labute approximate surface area is 185 Å². The Morgan fingerprint density at radius 2 is 1.68 bits per heavy atom. The first-order valence-electron chi connectivity index (χ1n) is 10.7. The largest absolute Gasteiger partial charge is 0.504 e. The fraction of sp³-hybridized carbons (Fsp3) is 0.440. The van der Waals surface area contributed by atoms with Crippen LogP contribution in [-0.4, -0.2) is 40.7 Å². The van der Waals surface area contributed by atoms with Crippen LogP contribution in [0, 0.1) is 11.3 Å². The summed E-state index contributed by atoms with van der Waals surface area (Å²) in [7, 11) is 0. The molecule has 0 saturated carbocycles. The van der Waals surface area contributed by atoms with E-state index in [4.69, 9.17) is 14.7 Å². The number of carbonyl (C=O) groups is 1. The van der Waals surface area contributed by atoms with E-state index in [1.54, 1.807) is 41.3 Å². The van der Waals surface area contributed by atoms with Gasteiger partial charge >= 0.3 is 0 Å². The number of nitrogens with zero attached hydrogens (tertiary/aromatic N) is 2. The van der Waals surface area contributed by atoms with Crippen molar-refractivity contribution in [1.29, 1.82) is 5.26 Å². The van der Waals surface area contributed by atoms with E-state index in [2.05, 4.69) is 6.07 Å². The number of carbonyl (C=O) groups excluding carboxylic acids is 1. The van der Waals surface area contributed by atoms with Gasteiger partial charge in [-0.2, -0.15) is 5.26 Å². The molecule has 1 N–H and O–H groups in total. The van der Waals surface area contributed by atoms with Crippen LogP contribution >= 0.6 is 0 Å². The van der Waals surface area contributed by atoms with Crippen LogP contribution in [0.4, 0.5) is 0 Å². The molecule has 1 atom stereocenters. The van der Waals surface area contributed by atoms with E-state index >= 15 is 0 Å². The topological polar surface area (TPSA) is 82.8 Å². The number of aromatic hydroxyl groups is 1. The van der Waals surface area contributed by atoms with Crippen LogP contribution in [0.15, 0.2) is 42.5 Å². The predicted octanol–water partition coefficient (Wildman–Crippen LogP) is 5.15. The van der Waals surface area contributed by atoms with Crippen LogP contribution in [0.1, 0.15) is 63.4 Å². The molecule has 0 aliphatic carbocycles. The molecule has 2 rings (SSSR count). The lowest BCUT2D eigenvalue weighted by Gasteiger charge is -2.31. The summed E-state index contributed by atoms with van der Waals surface area (Å²) in [5.74, 6) is 0.515. The fourth-order valence-corrected chi connectivity index (χ4v) is 3.51. The first-order valence-corrected chi connectivity index (χ1v) is 10.7. The molecule has 0 aliphatic heterocycles. The van der Waals surface area contributed by atoms with E-state index in [0.717, 1.165) is 0 Å². The molecule has 2 aromatic rings. The zero-order chi connectivity index (χ0) is 23.0. The van der Waals surface area contributed by atoms with Crippen molar-refractivity contribution in [2.45, 2.75) is 65.6 Å². The van der Waals surface area contributed by atoms with Gasteiger partial charge in [0.2, 0.25) is 0 Å². The second kappa shape index (κ2) is 11.3. The summed E-state index contributed by atoms with van der Waals surface area (Å²) in [6.45, 7) is 10.1. The van der Waals surface area contributed by atoms with Gasteiger partial charge in [-0.15, -0.1) is 0 Å². The summed E-state index contributed by atoms with van der Waals surface area (Å²) in [5, 5.41) is 19.8. The number of benzene rings is 2. The molecule has 0 bridgehead atoms. The Balaban J connectivity index is 1.94. The molecule has 166 valence electrons. The van der Waals surface area contributed by atoms with E-state index in [1.165, 1.54) is 0 Å². The third-order valence-corrected chi connectivity index (χ3v) is 4.92. The average molecular weight is 425 g/mol. The summed E-state index contributed by atoms with van der Waals surface area (Å²) in [6.07, 6.45) is 1.32. The number of hydrogen-bond donors (Lipinski definition) is 1. The van der Waals surface area contributed by atoms with E-state index in [9.17, 15) is 9.90 Å². The fourth-order valence-electron chi connectivity index (χ4n) is 3.51. The molecule has 0 aromatic heterocycles.